The molecule has 0 N–H and O–H groups in total. The monoisotopic (exact) mass is 237 g/mol. The zero-order valence-corrected chi connectivity index (χ0v) is 10.5. The van der Waals surface area contributed by atoms with E-state index in [-0.39, 0.29) is 5.78 Å². The molecule has 0 saturated carbocycles. The van der Waals surface area contributed by atoms with Crippen LogP contribution in [0.3, 0.4) is 0 Å². The molecule has 1 unspecified atom stereocenters. The van der Waals surface area contributed by atoms with E-state index in [2.05, 4.69) is 17.2 Å². The number of ketones is 1. The second-order valence-corrected chi connectivity index (χ2v) is 4.71. The Morgan fingerprint density at radius 3 is 3.06 bits per heavy atom. The third-order valence-electron chi connectivity index (χ3n) is 3.23. The molecule has 0 aliphatic carbocycles. The van der Waals surface area contributed by atoms with Gasteiger partial charge < -0.3 is 4.74 Å². The van der Waals surface area contributed by atoms with E-state index >= 15 is 0 Å². The highest BCUT2D eigenvalue weighted by molar-refractivity contribution is 6.00. The number of hydrogen-bond donors (Lipinski definition) is 0. The maximum Gasteiger partial charge on any atom is 0.213 e. The summed E-state index contributed by atoms with van der Waals surface area (Å²) < 4.78 is 7.34. The van der Waals surface area contributed by atoms with Crippen LogP contribution in [-0.4, -0.2) is 33.0 Å². The number of ether oxygens (including phenoxy) is 1. The molecule has 0 radical (unpaired) electrons. The summed E-state index contributed by atoms with van der Waals surface area (Å²) in [7, 11) is 0. The molecule has 17 heavy (non-hydrogen) atoms. The van der Waals surface area contributed by atoms with Gasteiger partial charge in [-0.1, -0.05) is 12.1 Å². The number of carbonyl (C=O) groups excluding carboxylic acids is 1. The van der Waals surface area contributed by atoms with Gasteiger partial charge in [-0.15, -0.1) is 5.10 Å². The van der Waals surface area contributed by atoms with Crippen LogP contribution >= 0.6 is 0 Å². The number of aromatic nitrogens is 3. The molecule has 0 spiro atoms. The van der Waals surface area contributed by atoms with E-state index in [4.69, 9.17) is 4.74 Å². The van der Waals surface area contributed by atoms with Crippen molar-refractivity contribution < 1.29 is 9.53 Å². The molecule has 94 valence electrons. The fraction of sp³-hybridized carbons (Fsp3) is 0.750. The number of nitrogens with zero attached hydrogens (tertiary/aromatic N) is 3. The molecule has 1 aliphatic heterocycles. The number of rotatable bonds is 4. The molecule has 2 heterocycles. The lowest BCUT2D eigenvalue weighted by Gasteiger charge is -2.32. The SMILES string of the molecule is CCCn1nncc1C(=O)C1(C)CCCCO1. The summed E-state index contributed by atoms with van der Waals surface area (Å²) in [4.78, 5) is 12.5. The van der Waals surface area contributed by atoms with Crippen LogP contribution in [0.25, 0.3) is 0 Å². The van der Waals surface area contributed by atoms with Crippen LogP contribution in [0.15, 0.2) is 6.20 Å². The first-order chi connectivity index (χ1) is 8.17. The molecular formula is C12H19N3O2. The van der Waals surface area contributed by atoms with Gasteiger partial charge in [-0.2, -0.15) is 0 Å². The van der Waals surface area contributed by atoms with Gasteiger partial charge in [0.2, 0.25) is 5.78 Å². The molecule has 1 aromatic heterocycles. The zero-order valence-electron chi connectivity index (χ0n) is 10.5. The van der Waals surface area contributed by atoms with Crippen LogP contribution in [0.1, 0.15) is 50.0 Å². The minimum absolute atomic E-state index is 0.00986. The Hall–Kier alpha value is -1.23. The van der Waals surface area contributed by atoms with Crippen molar-refractivity contribution in [2.45, 2.75) is 51.7 Å². The highest BCUT2D eigenvalue weighted by atomic mass is 16.5. The van der Waals surface area contributed by atoms with Gasteiger partial charge in [0.1, 0.15) is 11.3 Å². The van der Waals surface area contributed by atoms with E-state index < -0.39 is 5.60 Å². The van der Waals surface area contributed by atoms with Gasteiger partial charge >= 0.3 is 0 Å². The fourth-order valence-corrected chi connectivity index (χ4v) is 2.19. The maximum atomic E-state index is 12.5. The van der Waals surface area contributed by atoms with E-state index in [1.54, 1.807) is 10.9 Å². The second kappa shape index (κ2) is 4.96. The standard InChI is InChI=1S/C12H19N3O2/c1-3-7-15-10(9-13-14-15)11(16)12(2)6-4-5-8-17-12/h9H,3-8H2,1-2H3. The molecule has 5 nitrogen and oxygen atoms in total. The van der Waals surface area contributed by atoms with Crippen molar-refractivity contribution >= 4 is 5.78 Å². The minimum atomic E-state index is -0.689. The van der Waals surface area contributed by atoms with Crippen LogP contribution in [-0.2, 0) is 11.3 Å². The van der Waals surface area contributed by atoms with Crippen molar-refractivity contribution in [1.82, 2.24) is 15.0 Å². The van der Waals surface area contributed by atoms with Gasteiger partial charge in [0.05, 0.1) is 6.20 Å². The predicted molar refractivity (Wildman–Crippen MR) is 62.9 cm³/mol. The Morgan fingerprint density at radius 1 is 1.59 bits per heavy atom. The largest absolute Gasteiger partial charge is 0.367 e. The molecule has 0 aromatic carbocycles. The van der Waals surface area contributed by atoms with Crippen molar-refractivity contribution in [1.29, 1.82) is 0 Å². The normalized spacial score (nSPS) is 24.8. The van der Waals surface area contributed by atoms with Gasteiger partial charge in [0.15, 0.2) is 0 Å². The minimum Gasteiger partial charge on any atom is -0.367 e. The lowest BCUT2D eigenvalue weighted by atomic mass is 9.90. The summed E-state index contributed by atoms with van der Waals surface area (Å²) in [5.41, 5.74) is -0.123. The van der Waals surface area contributed by atoms with E-state index in [1.165, 1.54) is 0 Å². The Morgan fingerprint density at radius 2 is 2.41 bits per heavy atom. The Bertz CT molecular complexity index is 394. The molecule has 1 aromatic rings. The molecule has 1 fully saturated rings. The molecular weight excluding hydrogens is 218 g/mol. The summed E-state index contributed by atoms with van der Waals surface area (Å²) in [6, 6.07) is 0. The first-order valence-electron chi connectivity index (χ1n) is 6.24. The lowest BCUT2D eigenvalue weighted by Crippen LogP contribution is -2.42. The second-order valence-electron chi connectivity index (χ2n) is 4.71. The highest BCUT2D eigenvalue weighted by Gasteiger charge is 2.38. The zero-order chi connectivity index (χ0) is 12.3. The first-order valence-corrected chi connectivity index (χ1v) is 6.24. The van der Waals surface area contributed by atoms with Crippen molar-refractivity contribution in [3.63, 3.8) is 0 Å². The number of hydrogen-bond acceptors (Lipinski definition) is 4. The molecule has 1 saturated heterocycles. The van der Waals surface area contributed by atoms with Crippen LogP contribution in [0.4, 0.5) is 0 Å². The summed E-state index contributed by atoms with van der Waals surface area (Å²) in [6.07, 6.45) is 5.33. The van der Waals surface area contributed by atoms with Crippen LogP contribution in [0, 0.1) is 0 Å². The third kappa shape index (κ3) is 2.39. The first kappa shape index (κ1) is 12.2. The molecule has 1 aliphatic rings. The average Bonchev–Trinajstić information content (AvgIpc) is 2.78. The Labute approximate surface area is 101 Å². The van der Waals surface area contributed by atoms with E-state index in [1.807, 2.05) is 6.92 Å². The third-order valence-corrected chi connectivity index (χ3v) is 3.23. The fourth-order valence-electron chi connectivity index (χ4n) is 2.19. The topological polar surface area (TPSA) is 57.0 Å². The Kier molecular flexibility index (Phi) is 3.57. The van der Waals surface area contributed by atoms with Gasteiger partial charge in [-0.05, 0) is 32.6 Å². The van der Waals surface area contributed by atoms with Crippen LogP contribution < -0.4 is 0 Å². The van der Waals surface area contributed by atoms with Gasteiger partial charge in [0.25, 0.3) is 0 Å². The van der Waals surface area contributed by atoms with Gasteiger partial charge in [-0.25, -0.2) is 4.68 Å². The molecule has 0 bridgehead atoms. The molecule has 0 amide bonds. The van der Waals surface area contributed by atoms with Crippen LogP contribution in [0.5, 0.6) is 0 Å². The number of aryl methyl sites for hydroxylation is 1. The van der Waals surface area contributed by atoms with Gasteiger partial charge in [-0.3, -0.25) is 4.79 Å². The molecule has 5 heteroatoms. The van der Waals surface area contributed by atoms with E-state index in [9.17, 15) is 4.79 Å². The van der Waals surface area contributed by atoms with Crippen LogP contribution in [0.2, 0.25) is 0 Å². The quantitative estimate of drug-likeness (QED) is 0.750. The number of Topliss-reactive ketones (excluding diaryl/α,β-unsaturated/α-hetero) is 1. The van der Waals surface area contributed by atoms with Gasteiger partial charge in [0, 0.05) is 13.2 Å². The lowest BCUT2D eigenvalue weighted by molar-refractivity contribution is -0.0432. The Balaban J connectivity index is 2.20. The summed E-state index contributed by atoms with van der Waals surface area (Å²) >= 11 is 0. The maximum absolute atomic E-state index is 12.5. The van der Waals surface area contributed by atoms with Crippen molar-refractivity contribution in [3.8, 4) is 0 Å². The average molecular weight is 237 g/mol. The summed E-state index contributed by atoms with van der Waals surface area (Å²) in [5.74, 6) is 0.00986. The smallest absolute Gasteiger partial charge is 0.213 e. The van der Waals surface area contributed by atoms with Crippen molar-refractivity contribution in [2.24, 2.45) is 0 Å². The molecule has 2 rings (SSSR count). The summed E-state index contributed by atoms with van der Waals surface area (Å²) in [5, 5.41) is 7.77. The van der Waals surface area contributed by atoms with Crippen molar-refractivity contribution in [3.05, 3.63) is 11.9 Å². The molecule has 1 atom stereocenters. The summed E-state index contributed by atoms with van der Waals surface area (Å²) in [6.45, 7) is 5.31. The van der Waals surface area contributed by atoms with E-state index in [0.717, 1.165) is 32.2 Å². The predicted octanol–water partition coefficient (Wildman–Crippen LogP) is 1.83. The van der Waals surface area contributed by atoms with E-state index in [0.29, 0.717) is 12.3 Å². The number of carbonyl (C=O) groups is 1. The highest BCUT2D eigenvalue weighted by Crippen LogP contribution is 2.28. The van der Waals surface area contributed by atoms with Crippen molar-refractivity contribution in [2.75, 3.05) is 6.61 Å².